The molecule has 2 aromatic carbocycles. The second-order valence-corrected chi connectivity index (χ2v) is 6.29. The highest BCUT2D eigenvalue weighted by Crippen LogP contribution is 2.31. The predicted molar refractivity (Wildman–Crippen MR) is 98.3 cm³/mol. The summed E-state index contributed by atoms with van der Waals surface area (Å²) in [6, 6.07) is 15.5. The van der Waals surface area contributed by atoms with Crippen LogP contribution in [-0.2, 0) is 11.3 Å². The van der Waals surface area contributed by atoms with Crippen molar-refractivity contribution >= 4 is 28.2 Å². The van der Waals surface area contributed by atoms with Crippen LogP contribution in [0.25, 0.3) is 16.6 Å². The zero-order valence-corrected chi connectivity index (χ0v) is 14.0. The van der Waals surface area contributed by atoms with E-state index in [0.29, 0.717) is 24.4 Å². The van der Waals surface area contributed by atoms with Crippen molar-refractivity contribution in [1.82, 2.24) is 9.55 Å². The quantitative estimate of drug-likeness (QED) is 0.760. The maximum absolute atomic E-state index is 12.5. The molecule has 0 bridgehead atoms. The molecule has 0 unspecified atom stereocenters. The van der Waals surface area contributed by atoms with E-state index < -0.39 is 0 Å². The minimum absolute atomic E-state index is 0.101. The lowest BCUT2D eigenvalue weighted by Gasteiger charge is -2.19. The van der Waals surface area contributed by atoms with E-state index >= 15 is 0 Å². The Kier molecular flexibility index (Phi) is 3.76. The van der Waals surface area contributed by atoms with Crippen molar-refractivity contribution in [3.63, 3.8) is 0 Å². The van der Waals surface area contributed by atoms with Gasteiger partial charge in [0.1, 0.15) is 11.6 Å². The summed E-state index contributed by atoms with van der Waals surface area (Å²) >= 11 is 0. The first kappa shape index (κ1) is 15.4. The number of anilines is 1. The number of rotatable bonds is 3. The molecule has 0 saturated carbocycles. The number of amides is 1. The van der Waals surface area contributed by atoms with E-state index in [-0.39, 0.29) is 18.1 Å². The molecule has 2 N–H and O–H groups in total. The SMILES string of the molecule is Cc1ccccc1NC(=O)CC1=C(O)CCn2c1nc1ccccc12. The Bertz CT molecular complexity index is 1000. The van der Waals surface area contributed by atoms with Gasteiger partial charge in [0.05, 0.1) is 17.5 Å². The van der Waals surface area contributed by atoms with Crippen molar-refractivity contribution in [1.29, 1.82) is 0 Å². The molecule has 0 spiro atoms. The smallest absolute Gasteiger partial charge is 0.229 e. The van der Waals surface area contributed by atoms with Crippen LogP contribution in [0.1, 0.15) is 24.2 Å². The van der Waals surface area contributed by atoms with Crippen LogP contribution < -0.4 is 5.32 Å². The number of nitrogens with zero attached hydrogens (tertiary/aromatic N) is 2. The molecule has 126 valence electrons. The first-order chi connectivity index (χ1) is 12.1. The Balaban J connectivity index is 1.64. The fourth-order valence-corrected chi connectivity index (χ4v) is 3.28. The van der Waals surface area contributed by atoms with Gasteiger partial charge < -0.3 is 15.0 Å². The van der Waals surface area contributed by atoms with Gasteiger partial charge in [-0.15, -0.1) is 0 Å². The molecule has 4 rings (SSSR count). The van der Waals surface area contributed by atoms with Gasteiger partial charge in [0, 0.05) is 24.2 Å². The Morgan fingerprint density at radius 1 is 1.20 bits per heavy atom. The van der Waals surface area contributed by atoms with Gasteiger partial charge >= 0.3 is 0 Å². The maximum atomic E-state index is 12.5. The molecule has 5 heteroatoms. The number of aliphatic hydroxyl groups excluding tert-OH is 1. The van der Waals surface area contributed by atoms with Crippen molar-refractivity contribution in [3.8, 4) is 0 Å². The second-order valence-electron chi connectivity index (χ2n) is 6.29. The summed E-state index contributed by atoms with van der Waals surface area (Å²) in [4.78, 5) is 17.1. The maximum Gasteiger partial charge on any atom is 0.229 e. The van der Waals surface area contributed by atoms with Crippen LogP contribution in [0.5, 0.6) is 0 Å². The standard InChI is InChI=1S/C20H19N3O2/c1-13-6-2-3-7-15(13)21-19(25)12-14-18(24)10-11-23-17-9-5-4-8-16(17)22-20(14)23/h2-9,24H,10-12H2,1H3,(H,21,25). The van der Waals surface area contributed by atoms with E-state index in [1.165, 1.54) is 0 Å². The molecule has 0 atom stereocenters. The third-order valence-electron chi connectivity index (χ3n) is 4.60. The normalized spacial score (nSPS) is 13.8. The second kappa shape index (κ2) is 6.09. The molecule has 0 aliphatic carbocycles. The minimum atomic E-state index is -0.156. The topological polar surface area (TPSA) is 67.2 Å². The van der Waals surface area contributed by atoms with Crippen LogP contribution in [0.3, 0.4) is 0 Å². The van der Waals surface area contributed by atoms with Crippen LogP contribution in [-0.4, -0.2) is 20.6 Å². The average molecular weight is 333 g/mol. The van der Waals surface area contributed by atoms with Gasteiger partial charge in [0.15, 0.2) is 0 Å². The van der Waals surface area contributed by atoms with Crippen molar-refractivity contribution in [3.05, 3.63) is 65.7 Å². The molecule has 3 aromatic rings. The number of aromatic nitrogens is 2. The molecule has 25 heavy (non-hydrogen) atoms. The zero-order valence-electron chi connectivity index (χ0n) is 14.0. The summed E-state index contributed by atoms with van der Waals surface area (Å²) in [7, 11) is 0. The van der Waals surface area contributed by atoms with Gasteiger partial charge in [0.2, 0.25) is 5.91 Å². The summed E-state index contributed by atoms with van der Waals surface area (Å²) in [6.07, 6.45) is 0.615. The highest BCUT2D eigenvalue weighted by molar-refractivity contribution is 5.98. The molecular formula is C20H19N3O2. The van der Waals surface area contributed by atoms with E-state index in [9.17, 15) is 9.90 Å². The zero-order chi connectivity index (χ0) is 17.4. The van der Waals surface area contributed by atoms with E-state index in [2.05, 4.69) is 14.9 Å². The monoisotopic (exact) mass is 333 g/mol. The third kappa shape index (κ3) is 2.78. The number of hydrogen-bond donors (Lipinski definition) is 2. The fourth-order valence-electron chi connectivity index (χ4n) is 3.28. The molecule has 5 nitrogen and oxygen atoms in total. The molecule has 0 fully saturated rings. The van der Waals surface area contributed by atoms with Gasteiger partial charge in [-0.25, -0.2) is 4.98 Å². The minimum Gasteiger partial charge on any atom is -0.512 e. The molecule has 1 aliphatic rings. The van der Waals surface area contributed by atoms with E-state index in [1.54, 1.807) is 0 Å². The highest BCUT2D eigenvalue weighted by Gasteiger charge is 2.24. The number of carbonyl (C=O) groups excluding carboxylic acids is 1. The van der Waals surface area contributed by atoms with Gasteiger partial charge in [-0.3, -0.25) is 4.79 Å². The van der Waals surface area contributed by atoms with Gasteiger partial charge in [-0.05, 0) is 30.7 Å². The molecule has 2 heterocycles. The number of imidazole rings is 1. The average Bonchev–Trinajstić information content (AvgIpc) is 2.98. The van der Waals surface area contributed by atoms with Crippen molar-refractivity contribution in [2.75, 3.05) is 5.32 Å². The Morgan fingerprint density at radius 3 is 2.80 bits per heavy atom. The first-order valence-electron chi connectivity index (χ1n) is 8.35. The lowest BCUT2D eigenvalue weighted by Crippen LogP contribution is -2.18. The number of aliphatic hydroxyl groups is 1. The first-order valence-corrected chi connectivity index (χ1v) is 8.35. The number of benzene rings is 2. The molecule has 0 radical (unpaired) electrons. The van der Waals surface area contributed by atoms with Crippen LogP contribution in [0.4, 0.5) is 5.69 Å². The van der Waals surface area contributed by atoms with E-state index in [1.807, 2.05) is 55.5 Å². The summed E-state index contributed by atoms with van der Waals surface area (Å²) in [6.45, 7) is 2.62. The number of hydrogen-bond acceptors (Lipinski definition) is 3. The number of aryl methyl sites for hydroxylation is 2. The molecular weight excluding hydrogens is 314 g/mol. The van der Waals surface area contributed by atoms with Gasteiger partial charge in [-0.1, -0.05) is 30.3 Å². The molecule has 1 amide bonds. The summed E-state index contributed by atoms with van der Waals surface area (Å²) in [5.41, 5.74) is 4.31. The van der Waals surface area contributed by atoms with Crippen LogP contribution >= 0.6 is 0 Å². The third-order valence-corrected chi connectivity index (χ3v) is 4.60. The predicted octanol–water partition coefficient (Wildman–Crippen LogP) is 4.05. The number of fused-ring (bicyclic) bond motifs is 3. The van der Waals surface area contributed by atoms with Gasteiger partial charge in [0.25, 0.3) is 0 Å². The number of allylic oxidation sites excluding steroid dienone is 1. The molecule has 1 aromatic heterocycles. The summed E-state index contributed by atoms with van der Waals surface area (Å²) in [5, 5.41) is 13.3. The number of nitrogens with one attached hydrogen (secondary N) is 1. The molecule has 0 saturated heterocycles. The largest absolute Gasteiger partial charge is 0.512 e. The molecule has 1 aliphatic heterocycles. The van der Waals surface area contributed by atoms with E-state index in [4.69, 9.17) is 0 Å². The van der Waals surface area contributed by atoms with Crippen molar-refractivity contribution in [2.45, 2.75) is 26.3 Å². The highest BCUT2D eigenvalue weighted by atomic mass is 16.3. The Hall–Kier alpha value is -3.08. The fraction of sp³-hybridized carbons (Fsp3) is 0.200. The van der Waals surface area contributed by atoms with Crippen molar-refractivity contribution < 1.29 is 9.90 Å². The van der Waals surface area contributed by atoms with Gasteiger partial charge in [-0.2, -0.15) is 0 Å². The number of carbonyl (C=O) groups is 1. The summed E-state index contributed by atoms with van der Waals surface area (Å²) in [5.74, 6) is 0.781. The summed E-state index contributed by atoms with van der Waals surface area (Å²) < 4.78 is 2.07. The van der Waals surface area contributed by atoms with Crippen LogP contribution in [0, 0.1) is 6.92 Å². The number of para-hydroxylation sites is 3. The van der Waals surface area contributed by atoms with E-state index in [0.717, 1.165) is 22.3 Å². The lowest BCUT2D eigenvalue weighted by atomic mass is 10.0. The van der Waals surface area contributed by atoms with Crippen LogP contribution in [0.15, 0.2) is 54.3 Å². The Morgan fingerprint density at radius 2 is 1.96 bits per heavy atom. The Labute approximate surface area is 145 Å². The lowest BCUT2D eigenvalue weighted by molar-refractivity contribution is -0.115. The van der Waals surface area contributed by atoms with Crippen LogP contribution in [0.2, 0.25) is 0 Å². The van der Waals surface area contributed by atoms with Crippen molar-refractivity contribution in [2.24, 2.45) is 0 Å².